The zero-order valence-corrected chi connectivity index (χ0v) is 14.0. The van der Waals surface area contributed by atoms with Crippen LogP contribution in [0.2, 0.25) is 5.02 Å². The minimum absolute atomic E-state index is 0.0441. The molecule has 3 rings (SSSR count). The summed E-state index contributed by atoms with van der Waals surface area (Å²) in [4.78, 5) is 20.9. The molecule has 0 spiro atoms. The van der Waals surface area contributed by atoms with Crippen LogP contribution in [0.1, 0.15) is 35.0 Å². The Morgan fingerprint density at radius 2 is 1.87 bits per heavy atom. The fourth-order valence-corrected chi connectivity index (χ4v) is 2.85. The fraction of sp³-hybridized carbons (Fsp3) is 0.438. The maximum Gasteiger partial charge on any atom is 0.253 e. The Bertz CT molecular complexity index is 678. The molecule has 1 aromatic heterocycles. The van der Waals surface area contributed by atoms with Crippen LogP contribution in [0.5, 0.6) is 0 Å². The summed E-state index contributed by atoms with van der Waals surface area (Å²) in [7, 11) is 0. The zero-order chi connectivity index (χ0) is 16.4. The summed E-state index contributed by atoms with van der Waals surface area (Å²) in [5, 5.41) is 4.47. The van der Waals surface area contributed by atoms with E-state index in [1.54, 1.807) is 24.3 Å². The number of hydrogen-bond donors (Lipinski definition) is 0. The molecule has 0 unspecified atom stereocenters. The number of benzene rings is 1. The van der Waals surface area contributed by atoms with Crippen molar-refractivity contribution in [3.05, 3.63) is 46.6 Å². The zero-order valence-electron chi connectivity index (χ0n) is 13.2. The number of aromatic nitrogens is 2. The summed E-state index contributed by atoms with van der Waals surface area (Å²) in [6.07, 6.45) is 0. The van der Waals surface area contributed by atoms with E-state index >= 15 is 0 Å². The summed E-state index contributed by atoms with van der Waals surface area (Å²) in [6.45, 7) is 6.77. The van der Waals surface area contributed by atoms with Crippen LogP contribution in [0, 0.1) is 6.92 Å². The first-order valence-corrected chi connectivity index (χ1v) is 8.01. The van der Waals surface area contributed by atoms with E-state index < -0.39 is 0 Å². The molecule has 0 N–H and O–H groups in total. The monoisotopic (exact) mass is 334 g/mol. The van der Waals surface area contributed by atoms with Gasteiger partial charge in [-0.15, -0.1) is 0 Å². The second kappa shape index (κ2) is 6.68. The molecule has 7 heteroatoms. The molecule has 1 fully saturated rings. The standard InChI is InChI=1S/C16H19ClN4O2/c1-11(15-18-12(2)19-23-15)20-7-9-21(10-8-20)16(22)13-3-5-14(17)6-4-13/h3-6,11H,7-10H2,1-2H3/t11-/m1/s1. The number of piperazine rings is 1. The van der Waals surface area contributed by atoms with E-state index in [9.17, 15) is 4.79 Å². The number of hydrogen-bond acceptors (Lipinski definition) is 5. The van der Waals surface area contributed by atoms with Crippen molar-refractivity contribution >= 4 is 17.5 Å². The van der Waals surface area contributed by atoms with E-state index in [2.05, 4.69) is 15.0 Å². The molecule has 1 aliphatic rings. The van der Waals surface area contributed by atoms with Crippen molar-refractivity contribution in [2.24, 2.45) is 0 Å². The molecular formula is C16H19ClN4O2. The van der Waals surface area contributed by atoms with Crippen molar-refractivity contribution in [2.45, 2.75) is 19.9 Å². The van der Waals surface area contributed by atoms with E-state index in [1.807, 2.05) is 18.7 Å². The van der Waals surface area contributed by atoms with E-state index in [0.29, 0.717) is 35.4 Å². The second-order valence-electron chi connectivity index (χ2n) is 5.69. The highest BCUT2D eigenvalue weighted by molar-refractivity contribution is 6.30. The van der Waals surface area contributed by atoms with Crippen LogP contribution >= 0.6 is 11.6 Å². The third kappa shape index (κ3) is 3.54. The van der Waals surface area contributed by atoms with Crippen LogP contribution < -0.4 is 0 Å². The first-order chi connectivity index (χ1) is 11.0. The quantitative estimate of drug-likeness (QED) is 0.863. The molecule has 1 atom stereocenters. The van der Waals surface area contributed by atoms with Gasteiger partial charge in [0, 0.05) is 36.8 Å². The van der Waals surface area contributed by atoms with Crippen LogP contribution in [-0.4, -0.2) is 52.0 Å². The molecule has 2 heterocycles. The number of carbonyl (C=O) groups is 1. The van der Waals surface area contributed by atoms with Gasteiger partial charge in [-0.2, -0.15) is 4.98 Å². The van der Waals surface area contributed by atoms with Gasteiger partial charge in [0.15, 0.2) is 5.82 Å². The summed E-state index contributed by atoms with van der Waals surface area (Å²) in [5.41, 5.74) is 0.670. The lowest BCUT2D eigenvalue weighted by molar-refractivity contribution is 0.0551. The van der Waals surface area contributed by atoms with Crippen LogP contribution in [0.15, 0.2) is 28.8 Å². The van der Waals surface area contributed by atoms with Crippen molar-refractivity contribution < 1.29 is 9.32 Å². The van der Waals surface area contributed by atoms with Crippen LogP contribution in [0.25, 0.3) is 0 Å². The van der Waals surface area contributed by atoms with Gasteiger partial charge in [-0.25, -0.2) is 0 Å². The minimum atomic E-state index is 0.0441. The number of amides is 1. The molecule has 23 heavy (non-hydrogen) atoms. The van der Waals surface area contributed by atoms with Crippen molar-refractivity contribution in [3.8, 4) is 0 Å². The maximum atomic E-state index is 12.5. The molecule has 2 aromatic rings. The molecule has 0 aliphatic carbocycles. The van der Waals surface area contributed by atoms with Gasteiger partial charge in [0.05, 0.1) is 6.04 Å². The highest BCUT2D eigenvalue weighted by Crippen LogP contribution is 2.21. The Morgan fingerprint density at radius 3 is 2.43 bits per heavy atom. The lowest BCUT2D eigenvalue weighted by atomic mass is 10.1. The van der Waals surface area contributed by atoms with Gasteiger partial charge in [-0.1, -0.05) is 16.8 Å². The summed E-state index contributed by atoms with van der Waals surface area (Å²) in [6, 6.07) is 7.07. The van der Waals surface area contributed by atoms with Crippen LogP contribution in [0.3, 0.4) is 0 Å². The average molecular weight is 335 g/mol. The number of rotatable bonds is 3. The molecule has 0 bridgehead atoms. The smallest absolute Gasteiger partial charge is 0.253 e. The Labute approximate surface area is 140 Å². The van der Waals surface area contributed by atoms with Crippen LogP contribution in [-0.2, 0) is 0 Å². The summed E-state index contributed by atoms with van der Waals surface area (Å²) >= 11 is 5.86. The van der Waals surface area contributed by atoms with Gasteiger partial charge in [-0.05, 0) is 38.1 Å². The maximum absolute atomic E-state index is 12.5. The molecular weight excluding hydrogens is 316 g/mol. The van der Waals surface area contributed by atoms with Crippen molar-refractivity contribution in [3.63, 3.8) is 0 Å². The van der Waals surface area contributed by atoms with E-state index in [1.165, 1.54) is 0 Å². The number of nitrogens with zero attached hydrogens (tertiary/aromatic N) is 4. The van der Waals surface area contributed by atoms with Gasteiger partial charge < -0.3 is 9.42 Å². The predicted octanol–water partition coefficient (Wildman–Crippen LogP) is 2.55. The Kier molecular flexibility index (Phi) is 4.63. The molecule has 1 aliphatic heterocycles. The predicted molar refractivity (Wildman–Crippen MR) is 86.4 cm³/mol. The van der Waals surface area contributed by atoms with Crippen molar-refractivity contribution in [2.75, 3.05) is 26.2 Å². The average Bonchev–Trinajstić information content (AvgIpc) is 3.01. The second-order valence-corrected chi connectivity index (χ2v) is 6.13. The number of aryl methyl sites for hydroxylation is 1. The Balaban J connectivity index is 1.59. The normalized spacial score (nSPS) is 17.3. The summed E-state index contributed by atoms with van der Waals surface area (Å²) < 4.78 is 5.24. The minimum Gasteiger partial charge on any atom is -0.338 e. The molecule has 6 nitrogen and oxygen atoms in total. The fourth-order valence-electron chi connectivity index (χ4n) is 2.73. The Hall–Kier alpha value is -1.92. The van der Waals surface area contributed by atoms with Gasteiger partial charge in [0.2, 0.25) is 5.89 Å². The highest BCUT2D eigenvalue weighted by atomic mass is 35.5. The van der Waals surface area contributed by atoms with Gasteiger partial charge >= 0.3 is 0 Å². The van der Waals surface area contributed by atoms with Gasteiger partial charge in [-0.3, -0.25) is 9.69 Å². The van der Waals surface area contributed by atoms with Crippen molar-refractivity contribution in [1.29, 1.82) is 0 Å². The lowest BCUT2D eigenvalue weighted by Crippen LogP contribution is -2.49. The van der Waals surface area contributed by atoms with Crippen molar-refractivity contribution in [1.82, 2.24) is 19.9 Å². The molecule has 0 radical (unpaired) electrons. The highest BCUT2D eigenvalue weighted by Gasteiger charge is 2.27. The molecule has 0 saturated carbocycles. The first kappa shape index (κ1) is 16.0. The van der Waals surface area contributed by atoms with E-state index in [0.717, 1.165) is 13.1 Å². The van der Waals surface area contributed by atoms with E-state index in [-0.39, 0.29) is 11.9 Å². The largest absolute Gasteiger partial charge is 0.338 e. The Morgan fingerprint density at radius 1 is 1.22 bits per heavy atom. The molecule has 1 amide bonds. The summed E-state index contributed by atoms with van der Waals surface area (Å²) in [5.74, 6) is 1.31. The SMILES string of the molecule is Cc1noc([C@@H](C)N2CCN(C(=O)c3ccc(Cl)cc3)CC2)n1. The van der Waals surface area contributed by atoms with Crippen LogP contribution in [0.4, 0.5) is 0 Å². The third-order valence-corrected chi connectivity index (χ3v) is 4.39. The van der Waals surface area contributed by atoms with E-state index in [4.69, 9.17) is 16.1 Å². The third-order valence-electron chi connectivity index (χ3n) is 4.14. The lowest BCUT2D eigenvalue weighted by Gasteiger charge is -2.36. The number of halogens is 1. The van der Waals surface area contributed by atoms with Gasteiger partial charge in [0.1, 0.15) is 0 Å². The topological polar surface area (TPSA) is 62.5 Å². The number of carbonyl (C=O) groups excluding carboxylic acids is 1. The van der Waals surface area contributed by atoms with Gasteiger partial charge in [0.25, 0.3) is 5.91 Å². The molecule has 1 aromatic carbocycles. The molecule has 122 valence electrons. The first-order valence-electron chi connectivity index (χ1n) is 7.63. The molecule has 1 saturated heterocycles.